The van der Waals surface area contributed by atoms with Crippen LogP contribution in [0.4, 0.5) is 5.69 Å². The van der Waals surface area contributed by atoms with E-state index < -0.39 is 10.0 Å². The van der Waals surface area contributed by atoms with Gasteiger partial charge in [0.15, 0.2) is 5.78 Å². The van der Waals surface area contributed by atoms with Gasteiger partial charge in [-0.1, -0.05) is 24.3 Å². The summed E-state index contributed by atoms with van der Waals surface area (Å²) < 4.78 is 32.5. The highest BCUT2D eigenvalue weighted by Crippen LogP contribution is 2.16. The number of ketones is 1. The monoisotopic (exact) mass is 438 g/mol. The predicted molar refractivity (Wildman–Crippen MR) is 118 cm³/mol. The van der Waals surface area contributed by atoms with Crippen LogP contribution in [0.15, 0.2) is 77.7 Å². The molecule has 0 spiro atoms. The van der Waals surface area contributed by atoms with Crippen LogP contribution in [0.2, 0.25) is 0 Å². The van der Waals surface area contributed by atoms with Crippen molar-refractivity contribution in [1.29, 1.82) is 0 Å². The Labute approximate surface area is 181 Å². The number of benzene rings is 3. The fraction of sp³-hybridized carbons (Fsp3) is 0.130. The van der Waals surface area contributed by atoms with Gasteiger partial charge in [0, 0.05) is 23.4 Å². The smallest absolute Gasteiger partial charge is 0.255 e. The molecule has 0 atom stereocenters. The third-order valence-corrected chi connectivity index (χ3v) is 6.02. The average Bonchev–Trinajstić information content (AvgIpc) is 2.78. The van der Waals surface area contributed by atoms with E-state index in [2.05, 4.69) is 10.0 Å². The van der Waals surface area contributed by atoms with Crippen LogP contribution in [0.3, 0.4) is 0 Å². The summed E-state index contributed by atoms with van der Waals surface area (Å²) in [5.74, 6) is 0.287. The number of nitrogens with one attached hydrogen (secondary N) is 2. The number of amides is 1. The van der Waals surface area contributed by atoms with E-state index in [9.17, 15) is 18.0 Å². The van der Waals surface area contributed by atoms with Gasteiger partial charge in [-0.3, -0.25) is 9.59 Å². The fourth-order valence-electron chi connectivity index (χ4n) is 2.78. The summed E-state index contributed by atoms with van der Waals surface area (Å²) in [5.41, 5.74) is 2.23. The molecule has 3 aromatic carbocycles. The lowest BCUT2D eigenvalue weighted by Crippen LogP contribution is -2.23. The zero-order valence-electron chi connectivity index (χ0n) is 17.1. The number of rotatable bonds is 8. The molecule has 0 saturated carbocycles. The molecule has 7 nitrogen and oxygen atoms in total. The van der Waals surface area contributed by atoms with Crippen LogP contribution < -0.4 is 14.8 Å². The van der Waals surface area contributed by atoms with Gasteiger partial charge < -0.3 is 10.1 Å². The number of hydrogen-bond acceptors (Lipinski definition) is 5. The molecule has 3 rings (SSSR count). The number of anilines is 1. The minimum atomic E-state index is -3.72. The number of ether oxygens (including phenoxy) is 1. The van der Waals surface area contributed by atoms with Crippen LogP contribution in [0.25, 0.3) is 0 Å². The van der Waals surface area contributed by atoms with E-state index in [-0.39, 0.29) is 23.1 Å². The fourth-order valence-corrected chi connectivity index (χ4v) is 3.80. The molecule has 3 aromatic rings. The maximum atomic E-state index is 12.4. The van der Waals surface area contributed by atoms with Crippen LogP contribution in [0, 0.1) is 0 Å². The Morgan fingerprint density at radius 2 is 1.42 bits per heavy atom. The molecule has 0 radical (unpaired) electrons. The van der Waals surface area contributed by atoms with E-state index in [1.165, 1.54) is 31.2 Å². The van der Waals surface area contributed by atoms with Gasteiger partial charge in [-0.25, -0.2) is 13.1 Å². The first-order valence-electron chi connectivity index (χ1n) is 9.43. The normalized spacial score (nSPS) is 11.0. The minimum Gasteiger partial charge on any atom is -0.497 e. The van der Waals surface area contributed by atoms with Crippen molar-refractivity contribution in [3.63, 3.8) is 0 Å². The van der Waals surface area contributed by atoms with Crippen LogP contribution in [-0.2, 0) is 16.6 Å². The van der Waals surface area contributed by atoms with Crippen molar-refractivity contribution in [2.45, 2.75) is 18.4 Å². The molecule has 0 unspecified atom stereocenters. The SMILES string of the molecule is COc1ccc(NC(=O)c2ccc(CNS(=O)(=O)c3ccc(C(C)=O)cc3)cc2)cc1. The first kappa shape index (κ1) is 22.2. The van der Waals surface area contributed by atoms with Crippen molar-refractivity contribution in [2.24, 2.45) is 0 Å². The third-order valence-electron chi connectivity index (χ3n) is 4.60. The standard InChI is InChI=1S/C23H22N2O5S/c1-16(26)18-7-13-22(14-8-18)31(28,29)24-15-17-3-5-19(6-4-17)23(27)25-20-9-11-21(30-2)12-10-20/h3-14,24H,15H2,1-2H3,(H,25,27). The van der Waals surface area contributed by atoms with Gasteiger partial charge >= 0.3 is 0 Å². The lowest BCUT2D eigenvalue weighted by Gasteiger charge is -2.09. The summed E-state index contributed by atoms with van der Waals surface area (Å²) in [6.45, 7) is 1.49. The summed E-state index contributed by atoms with van der Waals surface area (Å²) in [7, 11) is -2.16. The van der Waals surface area contributed by atoms with Gasteiger partial charge in [0.25, 0.3) is 5.91 Å². The van der Waals surface area contributed by atoms with Crippen molar-refractivity contribution in [3.05, 3.63) is 89.5 Å². The maximum absolute atomic E-state index is 12.4. The third kappa shape index (κ3) is 5.78. The topological polar surface area (TPSA) is 102 Å². The summed E-state index contributed by atoms with van der Waals surface area (Å²) in [6, 6.07) is 19.4. The number of sulfonamides is 1. The molecular formula is C23H22N2O5S. The van der Waals surface area contributed by atoms with Crippen LogP contribution in [0.1, 0.15) is 33.2 Å². The van der Waals surface area contributed by atoms with Crippen molar-refractivity contribution in [3.8, 4) is 5.75 Å². The lowest BCUT2D eigenvalue weighted by atomic mass is 10.1. The molecule has 0 bridgehead atoms. The second kappa shape index (κ2) is 9.55. The molecule has 0 aromatic heterocycles. The van der Waals surface area contributed by atoms with Crippen LogP contribution >= 0.6 is 0 Å². The zero-order valence-corrected chi connectivity index (χ0v) is 17.9. The van der Waals surface area contributed by atoms with E-state index >= 15 is 0 Å². The van der Waals surface area contributed by atoms with Gasteiger partial charge in [0.2, 0.25) is 10.0 Å². The molecule has 1 amide bonds. The van der Waals surface area contributed by atoms with Crippen molar-refractivity contribution >= 4 is 27.4 Å². The highest BCUT2D eigenvalue weighted by molar-refractivity contribution is 7.89. The number of methoxy groups -OCH3 is 1. The first-order valence-corrected chi connectivity index (χ1v) is 10.9. The largest absolute Gasteiger partial charge is 0.497 e. The summed E-state index contributed by atoms with van der Waals surface area (Å²) in [6.07, 6.45) is 0. The second-order valence-electron chi connectivity index (χ2n) is 6.78. The quantitative estimate of drug-likeness (QED) is 0.523. The molecule has 0 aliphatic carbocycles. The molecule has 0 aliphatic heterocycles. The number of carbonyl (C=O) groups excluding carboxylic acids is 2. The molecule has 0 fully saturated rings. The number of Topliss-reactive ketones (excluding diaryl/α,β-unsaturated/α-hetero) is 1. The van der Waals surface area contributed by atoms with E-state index in [0.29, 0.717) is 28.1 Å². The Morgan fingerprint density at radius 3 is 1.97 bits per heavy atom. The average molecular weight is 439 g/mol. The van der Waals surface area contributed by atoms with Gasteiger partial charge in [-0.05, 0) is 61.0 Å². The van der Waals surface area contributed by atoms with Gasteiger partial charge in [-0.15, -0.1) is 0 Å². The number of hydrogen-bond donors (Lipinski definition) is 2. The molecular weight excluding hydrogens is 416 g/mol. The highest BCUT2D eigenvalue weighted by Gasteiger charge is 2.14. The van der Waals surface area contributed by atoms with Crippen molar-refractivity contribution in [1.82, 2.24) is 4.72 Å². The Hall–Kier alpha value is -3.49. The zero-order chi connectivity index (χ0) is 22.4. The summed E-state index contributed by atoms with van der Waals surface area (Å²) in [5, 5.41) is 2.79. The molecule has 0 aliphatic rings. The van der Waals surface area contributed by atoms with Gasteiger partial charge in [-0.2, -0.15) is 0 Å². The predicted octanol–water partition coefficient (Wildman–Crippen LogP) is 3.63. The molecule has 0 heterocycles. The Morgan fingerprint density at radius 1 is 0.839 bits per heavy atom. The van der Waals surface area contributed by atoms with Crippen LogP contribution in [-0.4, -0.2) is 27.2 Å². The molecule has 8 heteroatoms. The first-order chi connectivity index (χ1) is 14.8. The second-order valence-corrected chi connectivity index (χ2v) is 8.55. The minimum absolute atomic E-state index is 0.0666. The van der Waals surface area contributed by atoms with Crippen LogP contribution in [0.5, 0.6) is 5.75 Å². The van der Waals surface area contributed by atoms with E-state index in [1.807, 2.05) is 0 Å². The maximum Gasteiger partial charge on any atom is 0.255 e. The van der Waals surface area contributed by atoms with Crippen molar-refractivity contribution < 1.29 is 22.7 Å². The van der Waals surface area contributed by atoms with E-state index in [1.54, 1.807) is 55.6 Å². The van der Waals surface area contributed by atoms with Gasteiger partial charge in [0.05, 0.1) is 12.0 Å². The number of carbonyl (C=O) groups is 2. The Bertz CT molecular complexity index is 1170. The van der Waals surface area contributed by atoms with E-state index in [4.69, 9.17) is 4.74 Å². The lowest BCUT2D eigenvalue weighted by molar-refractivity contribution is 0.101. The highest BCUT2D eigenvalue weighted by atomic mass is 32.2. The summed E-state index contributed by atoms with van der Waals surface area (Å²) in [4.78, 5) is 23.8. The van der Waals surface area contributed by atoms with Crippen molar-refractivity contribution in [2.75, 3.05) is 12.4 Å². The molecule has 0 saturated heterocycles. The molecule has 160 valence electrons. The molecule has 31 heavy (non-hydrogen) atoms. The molecule has 2 N–H and O–H groups in total. The summed E-state index contributed by atoms with van der Waals surface area (Å²) >= 11 is 0. The van der Waals surface area contributed by atoms with Gasteiger partial charge in [0.1, 0.15) is 5.75 Å². The Kier molecular flexibility index (Phi) is 6.84. The Balaban J connectivity index is 1.60. The van der Waals surface area contributed by atoms with E-state index in [0.717, 1.165) is 0 Å².